The lowest BCUT2D eigenvalue weighted by Crippen LogP contribution is -2.40. The molecule has 2 aliphatic heterocycles. The van der Waals surface area contributed by atoms with Crippen molar-refractivity contribution in [3.8, 4) is 34.5 Å². The minimum Gasteiger partial charge on any atom is -0.495 e. The highest BCUT2D eigenvalue weighted by Crippen LogP contribution is 2.48. The number of urea groups is 3. The van der Waals surface area contributed by atoms with Gasteiger partial charge in [0.25, 0.3) is 0 Å². The number of hydrogen-bond donors (Lipinski definition) is 9. The maximum absolute atomic E-state index is 14.8. The number of piperidine rings is 2. The molecule has 8 aromatic rings. The fourth-order valence-electron chi connectivity index (χ4n) is 13.9. The van der Waals surface area contributed by atoms with E-state index in [1.807, 2.05) is 86.7 Å². The average Bonchev–Trinajstić information content (AvgIpc) is 0.812. The first-order chi connectivity index (χ1) is 59.9. The third-order valence-corrected chi connectivity index (χ3v) is 23.0. The van der Waals surface area contributed by atoms with Crippen molar-refractivity contribution in [2.24, 2.45) is 9.98 Å². The van der Waals surface area contributed by atoms with Crippen LogP contribution in [0.2, 0.25) is 30.1 Å². The maximum Gasteiger partial charge on any atom is 0.327 e. The van der Waals surface area contributed by atoms with Crippen molar-refractivity contribution in [1.29, 1.82) is 0 Å². The van der Waals surface area contributed by atoms with Crippen LogP contribution >= 0.6 is 69.6 Å². The first kappa shape index (κ1) is 95.1. The molecule has 2 aromatic heterocycles. The maximum atomic E-state index is 14.8. The number of hydrogen-bond acceptors (Lipinski definition) is 24. The number of aromatic nitrogens is 4. The SMILES string of the molecule is C=CC(=O)Nc1cc(C2CCN(CC)C(/C=C/C(=O)Nc3cc(C4CCN(C)C(/C=C/C(=O)Nc5cc(CN(C)C)ccc5N/C(=C/C(=NC)N(C)C(=O)Nc5c(Cl)c(OC)cc(OC)c5Cl)N=C)C4)ccc3Nc3cc(N(C)C(=O)Nc4c(Cl)c(OC)cc(OC)c4Cl)ncn3)C2)ccc1Nc1cc(N(C)C(=O)Nc2c(Cl)c(OC)cc(OC)c2Cl)ncn1. The summed E-state index contributed by atoms with van der Waals surface area (Å²) in [5.41, 5.74) is 5.50. The molecule has 0 saturated carbocycles. The number of benzene rings is 6. The number of amidine groups is 1. The molecule has 2 fully saturated rings. The van der Waals surface area contributed by atoms with Crippen molar-refractivity contribution >= 4 is 192 Å². The van der Waals surface area contributed by atoms with Crippen molar-refractivity contribution in [3.63, 3.8) is 0 Å². The molecule has 2 aliphatic rings. The van der Waals surface area contributed by atoms with Gasteiger partial charge in [-0.1, -0.05) is 113 Å². The number of carbonyl (C=O) groups excluding carboxylic acids is 6. The van der Waals surface area contributed by atoms with E-state index in [-0.39, 0.29) is 141 Å². The highest BCUT2D eigenvalue weighted by atomic mass is 35.5. The second-order valence-corrected chi connectivity index (χ2v) is 31.1. The van der Waals surface area contributed by atoms with E-state index in [1.54, 1.807) is 18.2 Å². The van der Waals surface area contributed by atoms with Gasteiger partial charge in [-0.05, 0) is 144 Å². The lowest BCUT2D eigenvalue weighted by Gasteiger charge is -2.38. The summed E-state index contributed by atoms with van der Waals surface area (Å²) in [7, 11) is 20.3. The van der Waals surface area contributed by atoms with Gasteiger partial charge in [0, 0.05) is 95.4 Å². The number of nitrogens with one attached hydrogen (secondary N) is 9. The molecular weight excluding hydrogens is 1730 g/mol. The highest BCUT2D eigenvalue weighted by molar-refractivity contribution is 6.43. The fourth-order valence-corrected chi connectivity index (χ4v) is 15.7. The first-order valence-electron chi connectivity index (χ1n) is 38.9. The standard InChI is InChI=1S/C86H97Cl6N21O12/c1-17-72(114)102-58-36-49(21-25-55(58)100-67-42-70(97-45-95-67)111(9)85(118)106-82-77(89)62(122-13)39-63(123-14)78(82)90)51-30-32-113(18-2)53(35-51)23-28-74(116)104-59-37-48(20-26-56(59)101-68-43-71(98-46-96-68)112(10)86(119)107-83-79(91)64(124-15)40-65(125-16)80(83)92)50-29-31-109(7)52(34-50)22-27-73(115)103-57-33-47(44-108(5)6)19-24-54(57)99-66(93-3)41-69(94-4)110(8)84(117)105-81-75(87)60(120-11)38-61(121-12)76(81)88/h17,19-28,33,36-43,45-46,50-53,99H,1,3,18,29-32,34-35,44H2,2,4-16H3,(H,102,114)(H,103,115)(H,104,116)(H,105,117)(H,106,118)(H,107,119)(H,95,97,100)(H,96,98,101)/b27-22+,28-23+,66-41+,94-69?. The molecule has 6 aromatic carbocycles. The Bertz CT molecular complexity index is 5420. The minimum atomic E-state index is -0.670. The van der Waals surface area contributed by atoms with Crippen molar-refractivity contribution in [2.75, 3.05) is 169 Å². The summed E-state index contributed by atoms with van der Waals surface area (Å²) in [5, 5.41) is 27.5. The van der Waals surface area contributed by atoms with Crippen molar-refractivity contribution in [2.45, 2.75) is 63.1 Å². The van der Waals surface area contributed by atoms with Crippen molar-refractivity contribution in [1.82, 2.24) is 39.5 Å². The Morgan fingerprint density at radius 3 is 1.33 bits per heavy atom. The van der Waals surface area contributed by atoms with Gasteiger partial charge in [-0.3, -0.25) is 43.9 Å². The molecule has 0 bridgehead atoms. The Balaban J connectivity index is 0.886. The van der Waals surface area contributed by atoms with Crippen molar-refractivity contribution in [3.05, 3.63) is 193 Å². The molecule has 4 heterocycles. The van der Waals surface area contributed by atoms with Gasteiger partial charge in [-0.2, -0.15) is 0 Å². The summed E-state index contributed by atoms with van der Waals surface area (Å²) in [6, 6.07) is 22.2. The summed E-state index contributed by atoms with van der Waals surface area (Å²) in [5.74, 6) is 1.08. The van der Waals surface area contributed by atoms with E-state index in [4.69, 9.17) is 98.0 Å². The zero-order valence-electron chi connectivity index (χ0n) is 71.1. The van der Waals surface area contributed by atoms with Crippen LogP contribution < -0.4 is 86.1 Å². The molecule has 660 valence electrons. The molecule has 2 saturated heterocycles. The van der Waals surface area contributed by atoms with Crippen LogP contribution in [0.1, 0.15) is 61.1 Å². The van der Waals surface area contributed by atoms with Gasteiger partial charge in [0.15, 0.2) is 0 Å². The van der Waals surface area contributed by atoms with Crippen molar-refractivity contribution < 1.29 is 57.2 Å². The Kier molecular flexibility index (Phi) is 33.4. The molecule has 39 heteroatoms. The van der Waals surface area contributed by atoms with Crippen LogP contribution in [-0.2, 0) is 20.9 Å². The predicted octanol–water partition coefficient (Wildman–Crippen LogP) is 17.5. The zero-order chi connectivity index (χ0) is 90.6. The van der Waals surface area contributed by atoms with Crippen LogP contribution in [-0.4, -0.2) is 212 Å². The van der Waals surface area contributed by atoms with Gasteiger partial charge >= 0.3 is 18.1 Å². The number of likely N-dealkylation sites (N-methyl/N-ethyl adjacent to an activating group) is 3. The van der Waals surface area contributed by atoms with Crippen LogP contribution in [0, 0.1) is 0 Å². The molecule has 9 N–H and O–H groups in total. The molecule has 33 nitrogen and oxygen atoms in total. The van der Waals surface area contributed by atoms with E-state index in [2.05, 4.69) is 108 Å². The summed E-state index contributed by atoms with van der Waals surface area (Å²) in [6.45, 7) is 12.1. The molecule has 10 rings (SSSR count). The second kappa shape index (κ2) is 43.9. The number of likely N-dealkylation sites (tertiary alicyclic amines) is 2. The molecule has 0 spiro atoms. The second-order valence-electron chi connectivity index (χ2n) is 28.8. The quantitative estimate of drug-likeness (QED) is 0.0107. The molecular formula is C86H97Cl6N21O12. The van der Waals surface area contributed by atoms with Crippen LogP contribution in [0.3, 0.4) is 0 Å². The number of aliphatic imine (C=N–C) groups is 2. The highest BCUT2D eigenvalue weighted by Gasteiger charge is 2.32. The molecule has 0 aliphatic carbocycles. The van der Waals surface area contributed by atoms with E-state index in [0.29, 0.717) is 73.1 Å². The van der Waals surface area contributed by atoms with Crippen LogP contribution in [0.15, 0.2) is 156 Å². The number of carbonyl (C=O) groups is 6. The summed E-state index contributed by atoms with van der Waals surface area (Å²) in [4.78, 5) is 120. The molecule has 0 radical (unpaired) electrons. The lowest BCUT2D eigenvalue weighted by atomic mass is 9.84. The average molecular weight is 1830 g/mol. The van der Waals surface area contributed by atoms with E-state index in [0.717, 1.165) is 29.5 Å². The van der Waals surface area contributed by atoms with E-state index >= 15 is 0 Å². The van der Waals surface area contributed by atoms with Gasteiger partial charge < -0.3 is 81.2 Å². The molecule has 4 unspecified atom stereocenters. The van der Waals surface area contributed by atoms with Gasteiger partial charge in [-0.25, -0.2) is 39.3 Å². The van der Waals surface area contributed by atoms with Crippen LogP contribution in [0.25, 0.3) is 0 Å². The van der Waals surface area contributed by atoms with E-state index < -0.39 is 35.8 Å². The number of ether oxygens (including phenoxy) is 6. The van der Waals surface area contributed by atoms with E-state index in [1.165, 1.54) is 141 Å². The largest absolute Gasteiger partial charge is 0.495 e. The normalized spacial score (nSPS) is 15.5. The lowest BCUT2D eigenvalue weighted by molar-refractivity contribution is -0.112. The Morgan fingerprint density at radius 2 is 0.912 bits per heavy atom. The smallest absolute Gasteiger partial charge is 0.327 e. The third-order valence-electron chi connectivity index (χ3n) is 20.7. The number of amides is 9. The van der Waals surface area contributed by atoms with Gasteiger partial charge in [0.2, 0.25) is 17.7 Å². The first-order valence-corrected chi connectivity index (χ1v) is 41.1. The Labute approximate surface area is 754 Å². The third kappa shape index (κ3) is 23.6. The number of halogens is 6. The van der Waals surface area contributed by atoms with Gasteiger partial charge in [0.05, 0.1) is 93.8 Å². The summed E-state index contributed by atoms with van der Waals surface area (Å²) < 4.78 is 32.4. The molecule has 4 atom stereocenters. The zero-order valence-corrected chi connectivity index (χ0v) is 75.7. The van der Waals surface area contributed by atoms with Gasteiger partial charge in [0.1, 0.15) is 112 Å². The number of methoxy groups -OCH3 is 6. The monoisotopic (exact) mass is 1830 g/mol. The van der Waals surface area contributed by atoms with Crippen LogP contribution in [0.4, 0.5) is 88.8 Å². The van der Waals surface area contributed by atoms with Gasteiger partial charge in [-0.15, -0.1) is 0 Å². The van der Waals surface area contributed by atoms with Crippen LogP contribution in [0.5, 0.6) is 34.5 Å². The number of anilines is 13. The minimum absolute atomic E-state index is 0.0395. The molecule has 9 amide bonds. The fraction of sp³-hybridized carbons (Fsp3) is 0.302. The number of nitrogens with zero attached hydrogens (tertiary/aromatic N) is 12. The summed E-state index contributed by atoms with van der Waals surface area (Å²) >= 11 is 39.6. The number of rotatable bonds is 32. The Hall–Kier alpha value is -12.2. The predicted molar refractivity (Wildman–Crippen MR) is 498 cm³/mol. The summed E-state index contributed by atoms with van der Waals surface area (Å²) in [6.07, 6.45) is 14.7. The topological polar surface area (TPSA) is 362 Å². The van der Waals surface area contributed by atoms with E-state index in [9.17, 15) is 28.8 Å². The molecule has 125 heavy (non-hydrogen) atoms. The Morgan fingerprint density at radius 1 is 0.504 bits per heavy atom.